The van der Waals surface area contributed by atoms with E-state index in [-0.39, 0.29) is 11.3 Å². The molecule has 1 N–H and O–H groups in total. The van der Waals surface area contributed by atoms with Gasteiger partial charge in [0.05, 0.1) is 24.8 Å². The number of thiazole rings is 1. The van der Waals surface area contributed by atoms with Crippen LogP contribution in [0.1, 0.15) is 24.1 Å². The molecule has 0 spiro atoms. The molecular weight excluding hydrogens is 432 g/mol. The Bertz CT molecular complexity index is 1420. The molecule has 0 saturated carbocycles. The first-order chi connectivity index (χ1) is 15.4. The van der Waals surface area contributed by atoms with E-state index in [1.54, 1.807) is 37.3 Å². The average Bonchev–Trinajstić information content (AvgIpc) is 3.07. The van der Waals surface area contributed by atoms with Gasteiger partial charge in [-0.1, -0.05) is 41.7 Å². The highest BCUT2D eigenvalue weighted by Gasteiger charge is 2.55. The Morgan fingerprint density at radius 1 is 1.25 bits per heavy atom. The molecule has 2 aromatic carbocycles. The molecule has 2 bridgehead atoms. The monoisotopic (exact) mass is 452 g/mol. The van der Waals surface area contributed by atoms with Crippen LogP contribution in [-0.4, -0.2) is 35.6 Å². The molecule has 164 valence electrons. The molecule has 3 aromatic rings. The zero-order valence-electron chi connectivity index (χ0n) is 17.6. The van der Waals surface area contributed by atoms with E-state index in [2.05, 4.69) is 4.99 Å². The van der Waals surface area contributed by atoms with Crippen LogP contribution in [0.4, 0.5) is 0 Å². The van der Waals surface area contributed by atoms with Crippen LogP contribution in [0, 0.1) is 5.92 Å². The molecule has 0 aliphatic carbocycles. The lowest BCUT2D eigenvalue weighted by Crippen LogP contribution is -2.58. The number of carbonyl (C=O) groups is 1. The van der Waals surface area contributed by atoms with Crippen molar-refractivity contribution in [3.63, 3.8) is 0 Å². The number of ether oxygens (including phenoxy) is 3. The Hall–Kier alpha value is -3.59. The first kappa shape index (κ1) is 20.3. The molecule has 3 atom stereocenters. The number of phenolic OH excluding ortho intramolecular Hbond substituents is 1. The predicted molar refractivity (Wildman–Crippen MR) is 117 cm³/mol. The highest BCUT2D eigenvalue weighted by atomic mass is 32.1. The van der Waals surface area contributed by atoms with Gasteiger partial charge in [0, 0.05) is 11.1 Å². The normalized spacial score (nSPS) is 23.4. The van der Waals surface area contributed by atoms with E-state index in [1.807, 2.05) is 18.2 Å². The molecule has 0 fully saturated rings. The van der Waals surface area contributed by atoms with Gasteiger partial charge in [-0.05, 0) is 25.1 Å². The molecule has 0 unspecified atom stereocenters. The Morgan fingerprint density at radius 3 is 2.78 bits per heavy atom. The van der Waals surface area contributed by atoms with Crippen LogP contribution < -0.4 is 24.4 Å². The fraction of sp³-hybridized carbons (Fsp3) is 0.261. The minimum Gasteiger partial charge on any atom is -0.504 e. The summed E-state index contributed by atoms with van der Waals surface area (Å²) in [6, 6.07) is 11.7. The summed E-state index contributed by atoms with van der Waals surface area (Å²) in [7, 11) is 2.77. The molecule has 0 amide bonds. The van der Waals surface area contributed by atoms with E-state index in [9.17, 15) is 14.7 Å². The Kier molecular flexibility index (Phi) is 4.59. The van der Waals surface area contributed by atoms with Gasteiger partial charge in [0.25, 0.3) is 5.56 Å². The largest absolute Gasteiger partial charge is 0.504 e. The van der Waals surface area contributed by atoms with Crippen molar-refractivity contribution >= 4 is 23.4 Å². The Balaban J connectivity index is 1.79. The van der Waals surface area contributed by atoms with Crippen molar-refractivity contribution in [1.29, 1.82) is 0 Å². The smallest absolute Gasteiger partial charge is 0.317 e. The average molecular weight is 452 g/mol. The highest BCUT2D eigenvalue weighted by molar-refractivity contribution is 7.07. The van der Waals surface area contributed by atoms with E-state index in [4.69, 9.17) is 14.2 Å². The molecule has 8 nitrogen and oxygen atoms in total. The molecule has 32 heavy (non-hydrogen) atoms. The lowest BCUT2D eigenvalue weighted by Gasteiger charge is -2.44. The third kappa shape index (κ3) is 2.85. The van der Waals surface area contributed by atoms with Crippen molar-refractivity contribution in [3.05, 3.63) is 73.3 Å². The lowest BCUT2D eigenvalue weighted by molar-refractivity contribution is -0.158. The summed E-state index contributed by atoms with van der Waals surface area (Å²) >= 11 is 1.17. The predicted octanol–water partition coefficient (Wildman–Crippen LogP) is 1.57. The molecule has 3 heterocycles. The zero-order chi connectivity index (χ0) is 22.6. The van der Waals surface area contributed by atoms with Gasteiger partial charge in [0.15, 0.2) is 16.3 Å². The van der Waals surface area contributed by atoms with E-state index in [1.165, 1.54) is 30.1 Å². The van der Waals surface area contributed by atoms with Crippen molar-refractivity contribution in [2.75, 3.05) is 14.2 Å². The minimum absolute atomic E-state index is 0.0606. The van der Waals surface area contributed by atoms with Crippen LogP contribution in [0.15, 0.2) is 52.3 Å². The van der Waals surface area contributed by atoms with Crippen LogP contribution in [0.3, 0.4) is 0 Å². The molecule has 9 heteroatoms. The molecule has 2 aliphatic rings. The van der Waals surface area contributed by atoms with Crippen LogP contribution in [-0.2, 0) is 9.53 Å². The maximum Gasteiger partial charge on any atom is 0.317 e. The van der Waals surface area contributed by atoms with Crippen LogP contribution in [0.5, 0.6) is 17.2 Å². The number of fused-ring (bicyclic) bond motifs is 6. The van der Waals surface area contributed by atoms with Gasteiger partial charge in [-0.25, -0.2) is 4.99 Å². The fourth-order valence-corrected chi connectivity index (χ4v) is 5.48. The van der Waals surface area contributed by atoms with E-state index < -0.39 is 23.7 Å². The van der Waals surface area contributed by atoms with Gasteiger partial charge in [0.1, 0.15) is 11.7 Å². The third-order valence-corrected chi connectivity index (χ3v) is 6.85. The number of hydrogen-bond acceptors (Lipinski definition) is 8. The van der Waals surface area contributed by atoms with Gasteiger partial charge in [0.2, 0.25) is 5.72 Å². The Morgan fingerprint density at radius 2 is 2.03 bits per heavy atom. The van der Waals surface area contributed by atoms with Gasteiger partial charge >= 0.3 is 5.97 Å². The second kappa shape index (κ2) is 7.23. The summed E-state index contributed by atoms with van der Waals surface area (Å²) in [5.41, 5.74) is -0.379. The van der Waals surface area contributed by atoms with E-state index >= 15 is 0 Å². The summed E-state index contributed by atoms with van der Waals surface area (Å²) in [6.45, 7) is 1.72. The third-order valence-electron chi connectivity index (χ3n) is 5.87. The molecule has 0 saturated heterocycles. The SMILES string of the molecule is COC(=O)[C@H]1[C@H]2c3ccccc3O[C@]1(C)N=c1s/c(=C/c3cccc(OC)c3O)c(=O)n12. The molecule has 0 radical (unpaired) electrons. The quantitative estimate of drug-likeness (QED) is 0.606. The van der Waals surface area contributed by atoms with Gasteiger partial charge in [-0.2, -0.15) is 0 Å². The van der Waals surface area contributed by atoms with Gasteiger partial charge in [-0.15, -0.1) is 0 Å². The van der Waals surface area contributed by atoms with Crippen LogP contribution in [0.2, 0.25) is 0 Å². The maximum atomic E-state index is 13.5. The number of nitrogens with zero attached hydrogens (tertiary/aromatic N) is 2. The standard InChI is InChI=1S/C23H20N2O6S/c1-23-17(21(28)30-3)18(13-8-4-5-9-14(13)31-23)25-20(27)16(32-22(25)24-23)11-12-7-6-10-15(29-2)19(12)26/h4-11,17-18,26H,1-3H3/b16-11+/t17-,18-,23+/m1/s1. The number of hydrogen-bond donors (Lipinski definition) is 1. The molecule has 1 aromatic heterocycles. The number of phenols is 1. The van der Waals surface area contributed by atoms with Crippen molar-refractivity contribution < 1.29 is 24.1 Å². The maximum absolute atomic E-state index is 13.5. The number of methoxy groups -OCH3 is 2. The minimum atomic E-state index is -1.22. The summed E-state index contributed by atoms with van der Waals surface area (Å²) in [6.07, 6.45) is 1.60. The lowest BCUT2D eigenvalue weighted by atomic mass is 9.81. The van der Waals surface area contributed by atoms with Gasteiger partial charge in [-0.3, -0.25) is 14.2 Å². The molecule has 5 rings (SSSR count). The van der Waals surface area contributed by atoms with Crippen LogP contribution >= 0.6 is 11.3 Å². The second-order valence-electron chi connectivity index (χ2n) is 7.72. The fourth-order valence-electron chi connectivity index (χ4n) is 4.39. The molecular formula is C23H20N2O6S. The Labute approximate surface area is 186 Å². The number of aromatic hydroxyl groups is 1. The van der Waals surface area contributed by atoms with E-state index in [0.717, 1.165) is 0 Å². The first-order valence-electron chi connectivity index (χ1n) is 9.92. The van der Waals surface area contributed by atoms with Crippen LogP contribution in [0.25, 0.3) is 6.08 Å². The summed E-state index contributed by atoms with van der Waals surface area (Å²) in [4.78, 5) is 31.4. The number of esters is 1. The summed E-state index contributed by atoms with van der Waals surface area (Å²) in [5, 5.41) is 10.4. The summed E-state index contributed by atoms with van der Waals surface area (Å²) < 4.78 is 18.3. The number of carbonyl (C=O) groups excluding carboxylic acids is 1. The van der Waals surface area contributed by atoms with E-state index in [0.29, 0.717) is 32.0 Å². The topological polar surface area (TPSA) is 99.4 Å². The van der Waals surface area contributed by atoms with Crippen molar-refractivity contribution in [2.24, 2.45) is 10.9 Å². The molecule has 2 aliphatic heterocycles. The number of rotatable bonds is 3. The second-order valence-corrected chi connectivity index (χ2v) is 8.73. The number of benzene rings is 2. The first-order valence-corrected chi connectivity index (χ1v) is 10.7. The zero-order valence-corrected chi connectivity index (χ0v) is 18.4. The highest BCUT2D eigenvalue weighted by Crippen LogP contribution is 2.47. The van der Waals surface area contributed by atoms with Crippen molar-refractivity contribution in [2.45, 2.75) is 18.7 Å². The van der Waals surface area contributed by atoms with Gasteiger partial charge < -0.3 is 19.3 Å². The van der Waals surface area contributed by atoms with Crippen molar-refractivity contribution in [1.82, 2.24) is 4.57 Å². The summed E-state index contributed by atoms with van der Waals surface area (Å²) in [5.74, 6) is -0.518. The number of aromatic nitrogens is 1. The number of para-hydroxylation sites is 2. The van der Waals surface area contributed by atoms with Crippen molar-refractivity contribution in [3.8, 4) is 17.2 Å².